The predicted octanol–water partition coefficient (Wildman–Crippen LogP) is 4.00. The molecule has 1 spiro atoms. The van der Waals surface area contributed by atoms with E-state index in [4.69, 9.17) is 0 Å². The van der Waals surface area contributed by atoms with Gasteiger partial charge < -0.3 is 0 Å². The van der Waals surface area contributed by atoms with E-state index >= 15 is 0 Å². The van der Waals surface area contributed by atoms with Crippen LogP contribution in [0.4, 0.5) is 0 Å². The molecule has 0 N–H and O–H groups in total. The van der Waals surface area contributed by atoms with Gasteiger partial charge in [0.2, 0.25) is 10.0 Å². The van der Waals surface area contributed by atoms with Crippen molar-refractivity contribution < 1.29 is 8.42 Å². The maximum Gasteiger partial charge on any atom is 0.243 e. The van der Waals surface area contributed by atoms with Crippen LogP contribution in [-0.4, -0.2) is 25.8 Å². The van der Waals surface area contributed by atoms with Gasteiger partial charge in [-0.3, -0.25) is 0 Å². The lowest BCUT2D eigenvalue weighted by molar-refractivity contribution is 0.382. The van der Waals surface area contributed by atoms with Crippen LogP contribution in [0.5, 0.6) is 0 Å². The topological polar surface area (TPSA) is 37.4 Å². The summed E-state index contributed by atoms with van der Waals surface area (Å²) in [5.41, 5.74) is 3.58. The van der Waals surface area contributed by atoms with Gasteiger partial charge in [0, 0.05) is 24.4 Å². The first kappa shape index (κ1) is 16.6. The summed E-state index contributed by atoms with van der Waals surface area (Å²) in [5, 5.41) is 0. The highest BCUT2D eigenvalue weighted by Gasteiger charge is 2.50. The third-order valence-corrected chi connectivity index (χ3v) is 7.43. The molecule has 3 nitrogen and oxygen atoms in total. The molecule has 0 bridgehead atoms. The lowest BCUT2D eigenvalue weighted by Crippen LogP contribution is -2.37. The summed E-state index contributed by atoms with van der Waals surface area (Å²) < 4.78 is 28.2. The zero-order valence-electron chi connectivity index (χ0n) is 14.5. The summed E-state index contributed by atoms with van der Waals surface area (Å²) in [6, 6.07) is 15.5. The Balaban J connectivity index is 1.78. The first-order valence-corrected chi connectivity index (χ1v) is 10.2. The standard InChI is InChI=1S/C21H23NO2S/c1-3-17-14-22(25(23,24)18-10-8-16(2)9-11-18)15-21(12-13-21)20-7-5-4-6-19(17)20/h3-11,17H,1,12-15H2,2H3/t17-/m0/s1. The van der Waals surface area contributed by atoms with E-state index in [1.54, 1.807) is 16.4 Å². The maximum atomic E-state index is 13.3. The van der Waals surface area contributed by atoms with Gasteiger partial charge in [-0.15, -0.1) is 6.58 Å². The molecule has 2 aromatic carbocycles. The molecule has 0 saturated heterocycles. The average molecular weight is 353 g/mol. The van der Waals surface area contributed by atoms with Crippen molar-refractivity contribution in [2.75, 3.05) is 13.1 Å². The SMILES string of the molecule is C=C[C@H]1CN(S(=O)(=O)c2ccc(C)cc2)CC2(CC2)c2ccccc21. The van der Waals surface area contributed by atoms with Gasteiger partial charge in [0.05, 0.1) is 4.90 Å². The van der Waals surface area contributed by atoms with Crippen molar-refractivity contribution in [2.24, 2.45) is 0 Å². The summed E-state index contributed by atoms with van der Waals surface area (Å²) >= 11 is 0. The highest BCUT2D eigenvalue weighted by atomic mass is 32.2. The highest BCUT2D eigenvalue weighted by Crippen LogP contribution is 2.53. The Kier molecular flexibility index (Phi) is 3.85. The van der Waals surface area contributed by atoms with Gasteiger partial charge >= 0.3 is 0 Å². The number of nitrogens with zero attached hydrogens (tertiary/aromatic N) is 1. The Labute approximate surface area is 150 Å². The summed E-state index contributed by atoms with van der Waals surface area (Å²) in [7, 11) is -3.51. The minimum atomic E-state index is -3.51. The van der Waals surface area contributed by atoms with E-state index in [1.807, 2.05) is 31.2 Å². The normalized spacial score (nSPS) is 22.2. The van der Waals surface area contributed by atoms with Gasteiger partial charge in [0.25, 0.3) is 0 Å². The zero-order valence-corrected chi connectivity index (χ0v) is 15.3. The largest absolute Gasteiger partial charge is 0.243 e. The van der Waals surface area contributed by atoms with Crippen LogP contribution in [0.15, 0.2) is 66.1 Å². The van der Waals surface area contributed by atoms with Crippen LogP contribution in [0.2, 0.25) is 0 Å². The lowest BCUT2D eigenvalue weighted by Gasteiger charge is -2.25. The molecule has 1 aliphatic heterocycles. The van der Waals surface area contributed by atoms with Crippen LogP contribution >= 0.6 is 0 Å². The number of hydrogen-bond donors (Lipinski definition) is 0. The molecule has 25 heavy (non-hydrogen) atoms. The van der Waals surface area contributed by atoms with Crippen molar-refractivity contribution in [2.45, 2.75) is 36.0 Å². The van der Waals surface area contributed by atoms with Crippen LogP contribution in [-0.2, 0) is 15.4 Å². The van der Waals surface area contributed by atoms with Gasteiger partial charge in [-0.05, 0) is 43.0 Å². The molecule has 1 saturated carbocycles. The van der Waals surface area contributed by atoms with Crippen molar-refractivity contribution >= 4 is 10.0 Å². The van der Waals surface area contributed by atoms with Crippen molar-refractivity contribution in [1.29, 1.82) is 0 Å². The fourth-order valence-corrected chi connectivity index (χ4v) is 5.48. The molecule has 4 heteroatoms. The minimum absolute atomic E-state index is 0.0217. The van der Waals surface area contributed by atoms with Crippen LogP contribution in [0.1, 0.15) is 35.4 Å². The predicted molar refractivity (Wildman–Crippen MR) is 100 cm³/mol. The second-order valence-corrected chi connectivity index (χ2v) is 9.26. The fourth-order valence-electron chi connectivity index (χ4n) is 3.93. The first-order chi connectivity index (χ1) is 12.0. The second kappa shape index (κ2) is 5.82. The minimum Gasteiger partial charge on any atom is -0.207 e. The third-order valence-electron chi connectivity index (χ3n) is 5.61. The smallest absolute Gasteiger partial charge is 0.207 e. The van der Waals surface area contributed by atoms with Crippen LogP contribution in [0, 0.1) is 6.92 Å². The monoisotopic (exact) mass is 353 g/mol. The Hall–Kier alpha value is -1.91. The lowest BCUT2D eigenvalue weighted by atomic mass is 9.87. The van der Waals surface area contributed by atoms with Crippen LogP contribution in [0.25, 0.3) is 0 Å². The molecule has 0 radical (unpaired) electrons. The van der Waals surface area contributed by atoms with E-state index < -0.39 is 10.0 Å². The molecule has 130 valence electrons. The Morgan fingerprint density at radius 1 is 1.12 bits per heavy atom. The summed E-state index contributed by atoms with van der Waals surface area (Å²) in [5.74, 6) is 0.0244. The summed E-state index contributed by atoms with van der Waals surface area (Å²) in [6.45, 7) is 6.95. The van der Waals surface area contributed by atoms with Gasteiger partial charge in [0.1, 0.15) is 0 Å². The molecule has 1 heterocycles. The van der Waals surface area contributed by atoms with Gasteiger partial charge in [-0.1, -0.05) is 48.0 Å². The number of rotatable bonds is 3. The van der Waals surface area contributed by atoms with E-state index in [9.17, 15) is 8.42 Å². The quantitative estimate of drug-likeness (QED) is 0.782. The molecular weight excluding hydrogens is 330 g/mol. The number of sulfonamides is 1. The molecule has 2 aromatic rings. The molecule has 1 aliphatic carbocycles. The second-order valence-electron chi connectivity index (χ2n) is 7.32. The third kappa shape index (κ3) is 2.74. The number of aryl methyl sites for hydroxylation is 1. The summed E-state index contributed by atoms with van der Waals surface area (Å²) in [6.07, 6.45) is 3.99. The van der Waals surface area contributed by atoms with Gasteiger partial charge in [-0.2, -0.15) is 4.31 Å². The van der Waals surface area contributed by atoms with E-state index in [0.29, 0.717) is 18.0 Å². The molecule has 0 unspecified atom stereocenters. The Morgan fingerprint density at radius 3 is 2.44 bits per heavy atom. The van der Waals surface area contributed by atoms with Gasteiger partial charge in [-0.25, -0.2) is 8.42 Å². The molecule has 0 aromatic heterocycles. The molecular formula is C21H23NO2S. The number of fused-ring (bicyclic) bond motifs is 2. The van der Waals surface area contributed by atoms with Crippen molar-refractivity contribution in [1.82, 2.24) is 4.31 Å². The van der Waals surface area contributed by atoms with Crippen LogP contribution in [0.3, 0.4) is 0 Å². The zero-order chi connectivity index (χ0) is 17.7. The molecule has 2 aliphatic rings. The van der Waals surface area contributed by atoms with Gasteiger partial charge in [0.15, 0.2) is 0 Å². The Bertz CT molecular complexity index is 911. The summed E-state index contributed by atoms with van der Waals surface area (Å²) in [4.78, 5) is 0.377. The first-order valence-electron chi connectivity index (χ1n) is 8.75. The number of benzene rings is 2. The van der Waals surface area contributed by atoms with E-state index in [1.165, 1.54) is 11.1 Å². The molecule has 0 amide bonds. The highest BCUT2D eigenvalue weighted by molar-refractivity contribution is 7.89. The number of hydrogen-bond acceptors (Lipinski definition) is 2. The molecule has 1 atom stereocenters. The fraction of sp³-hybridized carbons (Fsp3) is 0.333. The van der Waals surface area contributed by atoms with E-state index in [0.717, 1.165) is 18.4 Å². The molecule has 1 fully saturated rings. The van der Waals surface area contributed by atoms with Crippen molar-refractivity contribution in [3.63, 3.8) is 0 Å². The van der Waals surface area contributed by atoms with Crippen molar-refractivity contribution in [3.05, 3.63) is 77.9 Å². The van der Waals surface area contributed by atoms with E-state index in [-0.39, 0.29) is 11.3 Å². The molecule has 4 rings (SSSR count). The maximum absolute atomic E-state index is 13.3. The Morgan fingerprint density at radius 2 is 1.80 bits per heavy atom. The van der Waals surface area contributed by atoms with E-state index in [2.05, 4.69) is 24.8 Å². The van der Waals surface area contributed by atoms with Crippen molar-refractivity contribution in [3.8, 4) is 0 Å². The van der Waals surface area contributed by atoms with Crippen LogP contribution < -0.4 is 0 Å². The average Bonchev–Trinajstić information content (AvgIpc) is 3.41.